The maximum absolute atomic E-state index is 12.4. The van der Waals surface area contributed by atoms with Gasteiger partial charge in [-0.25, -0.2) is 0 Å². The van der Waals surface area contributed by atoms with Gasteiger partial charge in [-0.2, -0.15) is 0 Å². The van der Waals surface area contributed by atoms with E-state index in [4.69, 9.17) is 0 Å². The molecular formula is C18H24N4O2. The van der Waals surface area contributed by atoms with Gasteiger partial charge in [0, 0.05) is 44.6 Å². The number of carbonyl (C=O) groups is 2. The highest BCUT2D eigenvalue weighted by Crippen LogP contribution is 2.16. The minimum Gasteiger partial charge on any atom is -0.351 e. The van der Waals surface area contributed by atoms with Crippen LogP contribution >= 0.6 is 0 Å². The number of rotatable bonds is 6. The normalized spacial score (nSPS) is 10.5. The van der Waals surface area contributed by atoms with E-state index in [1.165, 1.54) is 4.90 Å². The molecule has 2 aromatic rings. The largest absolute Gasteiger partial charge is 0.351 e. The van der Waals surface area contributed by atoms with Gasteiger partial charge in [0.15, 0.2) is 0 Å². The number of aromatic nitrogens is 2. The standard InChI is InChI=1S/C18H24N4O2/c1-13-11-16(18(24)20-10-8-17(23)21(3)4)14(2)22(13)12-15-7-5-6-9-19-15/h5-7,9,11H,8,10,12H2,1-4H3,(H,20,24). The fourth-order valence-corrected chi connectivity index (χ4v) is 2.53. The number of pyridine rings is 1. The lowest BCUT2D eigenvalue weighted by Crippen LogP contribution is -2.30. The quantitative estimate of drug-likeness (QED) is 0.878. The van der Waals surface area contributed by atoms with Crippen molar-refractivity contribution in [2.24, 2.45) is 0 Å². The average Bonchev–Trinajstić information content (AvgIpc) is 2.83. The van der Waals surface area contributed by atoms with Crippen LogP contribution in [0.15, 0.2) is 30.5 Å². The van der Waals surface area contributed by atoms with E-state index in [2.05, 4.69) is 14.9 Å². The molecule has 0 aliphatic rings. The molecule has 2 aromatic heterocycles. The Hall–Kier alpha value is -2.63. The highest BCUT2D eigenvalue weighted by molar-refractivity contribution is 5.95. The van der Waals surface area contributed by atoms with Crippen LogP contribution in [0.2, 0.25) is 0 Å². The van der Waals surface area contributed by atoms with Crippen LogP contribution in [0.3, 0.4) is 0 Å². The molecule has 1 N–H and O–H groups in total. The summed E-state index contributed by atoms with van der Waals surface area (Å²) in [6.45, 7) is 4.86. The zero-order valence-corrected chi connectivity index (χ0v) is 14.7. The molecule has 24 heavy (non-hydrogen) atoms. The molecule has 0 aromatic carbocycles. The van der Waals surface area contributed by atoms with Crippen LogP contribution in [0, 0.1) is 13.8 Å². The second-order valence-corrected chi connectivity index (χ2v) is 5.99. The van der Waals surface area contributed by atoms with Gasteiger partial charge in [-0.1, -0.05) is 6.07 Å². The summed E-state index contributed by atoms with van der Waals surface area (Å²) in [5.74, 6) is -0.155. The monoisotopic (exact) mass is 328 g/mol. The van der Waals surface area contributed by atoms with Crippen LogP contribution in [0.4, 0.5) is 0 Å². The predicted octanol–water partition coefficient (Wildman–Crippen LogP) is 1.76. The van der Waals surface area contributed by atoms with Crippen LogP contribution in [0.1, 0.15) is 33.9 Å². The fourth-order valence-electron chi connectivity index (χ4n) is 2.53. The Labute approximate surface area is 142 Å². The third kappa shape index (κ3) is 4.22. The van der Waals surface area contributed by atoms with Crippen molar-refractivity contribution < 1.29 is 9.59 Å². The molecule has 0 unspecified atom stereocenters. The van der Waals surface area contributed by atoms with Gasteiger partial charge in [-0.15, -0.1) is 0 Å². The molecule has 0 aliphatic heterocycles. The van der Waals surface area contributed by atoms with E-state index in [9.17, 15) is 9.59 Å². The third-order valence-corrected chi connectivity index (χ3v) is 3.99. The third-order valence-electron chi connectivity index (χ3n) is 3.99. The number of carbonyl (C=O) groups excluding carboxylic acids is 2. The van der Waals surface area contributed by atoms with E-state index < -0.39 is 0 Å². The van der Waals surface area contributed by atoms with Gasteiger partial charge in [0.05, 0.1) is 17.8 Å². The molecule has 0 atom stereocenters. The van der Waals surface area contributed by atoms with Gasteiger partial charge in [0.2, 0.25) is 5.91 Å². The van der Waals surface area contributed by atoms with Crippen molar-refractivity contribution in [1.29, 1.82) is 0 Å². The molecule has 0 aliphatic carbocycles. The molecule has 2 rings (SSSR count). The summed E-state index contributed by atoms with van der Waals surface area (Å²) in [7, 11) is 3.41. The Balaban J connectivity index is 2.05. The van der Waals surface area contributed by atoms with E-state index >= 15 is 0 Å². The molecule has 2 amide bonds. The Morgan fingerprint density at radius 2 is 2.00 bits per heavy atom. The second kappa shape index (κ2) is 7.77. The first kappa shape index (κ1) is 17.7. The topological polar surface area (TPSA) is 67.2 Å². The molecule has 128 valence electrons. The zero-order valence-electron chi connectivity index (χ0n) is 14.7. The fraction of sp³-hybridized carbons (Fsp3) is 0.389. The SMILES string of the molecule is Cc1cc(C(=O)NCCC(=O)N(C)C)c(C)n1Cc1ccccn1. The van der Waals surface area contributed by atoms with Crippen molar-refractivity contribution in [3.8, 4) is 0 Å². The van der Waals surface area contributed by atoms with Gasteiger partial charge in [0.25, 0.3) is 5.91 Å². The second-order valence-electron chi connectivity index (χ2n) is 5.99. The molecule has 6 nitrogen and oxygen atoms in total. The Bertz CT molecular complexity index is 720. The lowest BCUT2D eigenvalue weighted by atomic mass is 10.2. The summed E-state index contributed by atoms with van der Waals surface area (Å²) < 4.78 is 2.07. The van der Waals surface area contributed by atoms with E-state index in [1.807, 2.05) is 38.1 Å². The lowest BCUT2D eigenvalue weighted by Gasteiger charge is -2.11. The highest BCUT2D eigenvalue weighted by atomic mass is 16.2. The van der Waals surface area contributed by atoms with Crippen LogP contribution in [0.25, 0.3) is 0 Å². The molecule has 6 heteroatoms. The van der Waals surface area contributed by atoms with Crippen molar-refractivity contribution in [3.63, 3.8) is 0 Å². The van der Waals surface area contributed by atoms with Crippen molar-refractivity contribution in [3.05, 3.63) is 53.1 Å². The van der Waals surface area contributed by atoms with Crippen molar-refractivity contribution in [2.75, 3.05) is 20.6 Å². The van der Waals surface area contributed by atoms with Gasteiger partial charge >= 0.3 is 0 Å². The van der Waals surface area contributed by atoms with Gasteiger partial charge in [-0.3, -0.25) is 14.6 Å². The van der Waals surface area contributed by atoms with Gasteiger partial charge < -0.3 is 14.8 Å². The first-order chi connectivity index (χ1) is 11.4. The first-order valence-corrected chi connectivity index (χ1v) is 7.95. The Morgan fingerprint density at radius 3 is 2.62 bits per heavy atom. The molecule has 0 bridgehead atoms. The van der Waals surface area contributed by atoms with Crippen LogP contribution < -0.4 is 5.32 Å². The summed E-state index contributed by atoms with van der Waals surface area (Å²) in [6.07, 6.45) is 2.06. The van der Waals surface area contributed by atoms with Crippen molar-refractivity contribution in [1.82, 2.24) is 19.8 Å². The maximum atomic E-state index is 12.4. The summed E-state index contributed by atoms with van der Waals surface area (Å²) in [4.78, 5) is 29.8. The van der Waals surface area contributed by atoms with Crippen molar-refractivity contribution >= 4 is 11.8 Å². The number of hydrogen-bond acceptors (Lipinski definition) is 3. The Kier molecular flexibility index (Phi) is 5.73. The summed E-state index contributed by atoms with van der Waals surface area (Å²) >= 11 is 0. The summed E-state index contributed by atoms with van der Waals surface area (Å²) in [5.41, 5.74) is 3.49. The first-order valence-electron chi connectivity index (χ1n) is 7.95. The summed E-state index contributed by atoms with van der Waals surface area (Å²) in [6, 6.07) is 7.67. The molecule has 0 fully saturated rings. The van der Waals surface area contributed by atoms with E-state index in [1.54, 1.807) is 20.3 Å². The molecule has 0 saturated carbocycles. The van der Waals surface area contributed by atoms with Crippen LogP contribution in [0.5, 0.6) is 0 Å². The van der Waals surface area contributed by atoms with E-state index in [-0.39, 0.29) is 11.8 Å². The molecular weight excluding hydrogens is 304 g/mol. The predicted molar refractivity (Wildman–Crippen MR) is 92.9 cm³/mol. The smallest absolute Gasteiger partial charge is 0.253 e. The Morgan fingerprint density at radius 1 is 1.25 bits per heavy atom. The minimum atomic E-state index is -0.151. The number of aryl methyl sites for hydroxylation is 1. The highest BCUT2D eigenvalue weighted by Gasteiger charge is 2.16. The van der Waals surface area contributed by atoms with Gasteiger partial charge in [0.1, 0.15) is 0 Å². The molecule has 0 saturated heterocycles. The zero-order chi connectivity index (χ0) is 17.7. The summed E-state index contributed by atoms with van der Waals surface area (Å²) in [5, 5.41) is 2.81. The number of amides is 2. The number of nitrogens with one attached hydrogen (secondary N) is 1. The van der Waals surface area contributed by atoms with E-state index in [0.29, 0.717) is 25.1 Å². The number of hydrogen-bond donors (Lipinski definition) is 1. The molecule has 0 spiro atoms. The maximum Gasteiger partial charge on any atom is 0.253 e. The minimum absolute atomic E-state index is 0.00377. The molecule has 2 heterocycles. The van der Waals surface area contributed by atoms with Crippen molar-refractivity contribution in [2.45, 2.75) is 26.8 Å². The van der Waals surface area contributed by atoms with Crippen LogP contribution in [-0.4, -0.2) is 46.9 Å². The molecule has 0 radical (unpaired) electrons. The van der Waals surface area contributed by atoms with E-state index in [0.717, 1.165) is 17.1 Å². The number of nitrogens with zero attached hydrogens (tertiary/aromatic N) is 3. The van der Waals surface area contributed by atoms with Gasteiger partial charge in [-0.05, 0) is 32.0 Å². The van der Waals surface area contributed by atoms with Crippen LogP contribution in [-0.2, 0) is 11.3 Å². The average molecular weight is 328 g/mol. The lowest BCUT2D eigenvalue weighted by molar-refractivity contribution is -0.128.